The molecule has 0 heterocycles. The van der Waals surface area contributed by atoms with E-state index in [2.05, 4.69) is 6.58 Å². The molecule has 0 aliphatic rings. The van der Waals surface area contributed by atoms with Crippen molar-refractivity contribution in [1.29, 1.82) is 0 Å². The first-order valence-electron chi connectivity index (χ1n) is 3.63. The lowest BCUT2D eigenvalue weighted by Crippen LogP contribution is -2.09. The Morgan fingerprint density at radius 1 is 1.62 bits per heavy atom. The molecule has 1 aromatic carbocycles. The first-order valence-corrected chi connectivity index (χ1v) is 4.00. The molecule has 1 atom stereocenters. The number of phenolic OH excluding ortho intramolecular Hbond substituents is 1. The van der Waals surface area contributed by atoms with Crippen molar-refractivity contribution in [2.24, 2.45) is 5.73 Å². The summed E-state index contributed by atoms with van der Waals surface area (Å²) in [5, 5.41) is 9.46. The van der Waals surface area contributed by atoms with Gasteiger partial charge in [0.2, 0.25) is 0 Å². The Bertz CT molecular complexity index is 341. The topological polar surface area (TPSA) is 46.2 Å². The van der Waals surface area contributed by atoms with Crippen molar-refractivity contribution < 1.29 is 9.50 Å². The van der Waals surface area contributed by atoms with Crippen LogP contribution in [0.5, 0.6) is 5.75 Å². The predicted octanol–water partition coefficient (Wildman–Crippen LogP) is 2.37. The molecular weight excluding hydrogens is 193 g/mol. The maximum atomic E-state index is 13.1. The summed E-state index contributed by atoms with van der Waals surface area (Å²) in [4.78, 5) is 0. The maximum Gasteiger partial charge on any atom is 0.142 e. The molecule has 0 radical (unpaired) electrons. The van der Waals surface area contributed by atoms with Crippen molar-refractivity contribution in [2.75, 3.05) is 0 Å². The molecule has 0 fully saturated rings. The van der Waals surface area contributed by atoms with Crippen LogP contribution in [0.25, 0.3) is 0 Å². The van der Waals surface area contributed by atoms with Crippen molar-refractivity contribution in [2.45, 2.75) is 6.04 Å². The fourth-order valence-corrected chi connectivity index (χ4v) is 1.16. The summed E-state index contributed by atoms with van der Waals surface area (Å²) in [5.74, 6) is -0.914. The average molecular weight is 202 g/mol. The minimum absolute atomic E-state index is 0.0255. The smallest absolute Gasteiger partial charge is 0.142 e. The number of hydrogen-bond donors (Lipinski definition) is 2. The summed E-state index contributed by atoms with van der Waals surface area (Å²) < 4.78 is 13.1. The van der Waals surface area contributed by atoms with Crippen molar-refractivity contribution in [3.63, 3.8) is 0 Å². The zero-order chi connectivity index (χ0) is 10.0. The SMILES string of the molecule is C=C[C@@H](N)c1c(F)ccc(Cl)c1O. The minimum Gasteiger partial charge on any atom is -0.506 e. The monoisotopic (exact) mass is 201 g/mol. The molecule has 0 aliphatic carbocycles. The highest BCUT2D eigenvalue weighted by Crippen LogP contribution is 2.32. The summed E-state index contributed by atoms with van der Waals surface area (Å²) >= 11 is 5.58. The lowest BCUT2D eigenvalue weighted by atomic mass is 10.1. The zero-order valence-electron chi connectivity index (χ0n) is 6.80. The van der Waals surface area contributed by atoms with Crippen LogP contribution in [-0.4, -0.2) is 5.11 Å². The Labute approximate surface area is 80.4 Å². The van der Waals surface area contributed by atoms with E-state index >= 15 is 0 Å². The van der Waals surface area contributed by atoms with Gasteiger partial charge in [-0.15, -0.1) is 6.58 Å². The van der Waals surface area contributed by atoms with E-state index in [4.69, 9.17) is 17.3 Å². The number of rotatable bonds is 2. The van der Waals surface area contributed by atoms with Crippen LogP contribution >= 0.6 is 11.6 Å². The Hall–Kier alpha value is -1.06. The Balaban J connectivity index is 3.32. The number of hydrogen-bond acceptors (Lipinski definition) is 2. The highest BCUT2D eigenvalue weighted by Gasteiger charge is 2.15. The third kappa shape index (κ3) is 1.82. The van der Waals surface area contributed by atoms with Gasteiger partial charge in [0.25, 0.3) is 0 Å². The molecule has 1 rings (SSSR count). The van der Waals surface area contributed by atoms with Crippen LogP contribution in [0, 0.1) is 5.82 Å². The third-order valence-corrected chi connectivity index (χ3v) is 2.01. The van der Waals surface area contributed by atoms with E-state index in [1.54, 1.807) is 0 Å². The highest BCUT2D eigenvalue weighted by atomic mass is 35.5. The van der Waals surface area contributed by atoms with Crippen LogP contribution in [0.2, 0.25) is 5.02 Å². The second kappa shape index (κ2) is 3.77. The molecule has 3 N–H and O–H groups in total. The molecule has 70 valence electrons. The summed E-state index contributed by atoms with van der Waals surface area (Å²) in [5.41, 5.74) is 5.46. The number of nitrogens with two attached hydrogens (primary N) is 1. The molecule has 0 spiro atoms. The molecule has 2 nitrogen and oxygen atoms in total. The minimum atomic E-state index is -0.751. The molecule has 0 amide bonds. The number of phenols is 1. The summed E-state index contributed by atoms with van der Waals surface area (Å²) in [6.45, 7) is 3.40. The fraction of sp³-hybridized carbons (Fsp3) is 0.111. The fourth-order valence-electron chi connectivity index (χ4n) is 0.992. The van der Waals surface area contributed by atoms with Crippen LogP contribution < -0.4 is 5.73 Å². The Morgan fingerprint density at radius 2 is 2.23 bits per heavy atom. The molecule has 0 unspecified atom stereocenters. The van der Waals surface area contributed by atoms with E-state index in [-0.39, 0.29) is 16.3 Å². The van der Waals surface area contributed by atoms with Crippen molar-refractivity contribution >= 4 is 11.6 Å². The Morgan fingerprint density at radius 3 is 2.77 bits per heavy atom. The predicted molar refractivity (Wildman–Crippen MR) is 50.2 cm³/mol. The largest absolute Gasteiger partial charge is 0.506 e. The zero-order valence-corrected chi connectivity index (χ0v) is 7.55. The van der Waals surface area contributed by atoms with Gasteiger partial charge in [0.1, 0.15) is 11.6 Å². The highest BCUT2D eigenvalue weighted by molar-refractivity contribution is 6.32. The van der Waals surface area contributed by atoms with Gasteiger partial charge in [0.05, 0.1) is 16.6 Å². The van der Waals surface area contributed by atoms with Gasteiger partial charge in [-0.1, -0.05) is 17.7 Å². The lowest BCUT2D eigenvalue weighted by Gasteiger charge is -2.10. The second-order valence-electron chi connectivity index (χ2n) is 2.55. The van der Waals surface area contributed by atoms with Crippen LogP contribution in [0.3, 0.4) is 0 Å². The number of benzene rings is 1. The van der Waals surface area contributed by atoms with Gasteiger partial charge in [-0.2, -0.15) is 0 Å². The summed E-state index contributed by atoms with van der Waals surface area (Å²) in [6, 6.07) is 1.67. The van der Waals surface area contributed by atoms with Gasteiger partial charge in [0.15, 0.2) is 0 Å². The van der Waals surface area contributed by atoms with E-state index < -0.39 is 11.9 Å². The number of aromatic hydroxyl groups is 1. The average Bonchev–Trinajstić information content (AvgIpc) is 2.12. The van der Waals surface area contributed by atoms with Crippen LogP contribution in [0.1, 0.15) is 11.6 Å². The molecule has 0 aliphatic heterocycles. The molecule has 13 heavy (non-hydrogen) atoms. The maximum absolute atomic E-state index is 13.1. The first kappa shape index (κ1) is 10.0. The van der Waals surface area contributed by atoms with Crippen LogP contribution in [0.4, 0.5) is 4.39 Å². The molecule has 0 saturated carbocycles. The van der Waals surface area contributed by atoms with Gasteiger partial charge >= 0.3 is 0 Å². The quantitative estimate of drug-likeness (QED) is 0.722. The molecule has 4 heteroatoms. The van der Waals surface area contributed by atoms with E-state index in [0.717, 1.165) is 6.07 Å². The normalized spacial score (nSPS) is 12.5. The Kier molecular flexibility index (Phi) is 2.90. The van der Waals surface area contributed by atoms with Crippen LogP contribution in [0.15, 0.2) is 24.8 Å². The van der Waals surface area contributed by atoms with Gasteiger partial charge in [-0.3, -0.25) is 0 Å². The van der Waals surface area contributed by atoms with Gasteiger partial charge in [0, 0.05) is 0 Å². The summed E-state index contributed by atoms with van der Waals surface area (Å²) in [7, 11) is 0. The summed E-state index contributed by atoms with van der Waals surface area (Å²) in [6.07, 6.45) is 1.33. The van der Waals surface area contributed by atoms with Crippen molar-refractivity contribution in [1.82, 2.24) is 0 Å². The van der Waals surface area contributed by atoms with E-state index in [1.807, 2.05) is 0 Å². The first-order chi connectivity index (χ1) is 6.07. The van der Waals surface area contributed by atoms with Gasteiger partial charge in [-0.25, -0.2) is 4.39 Å². The van der Waals surface area contributed by atoms with E-state index in [1.165, 1.54) is 12.1 Å². The second-order valence-corrected chi connectivity index (χ2v) is 2.96. The molecule has 0 bridgehead atoms. The van der Waals surface area contributed by atoms with Gasteiger partial charge in [-0.05, 0) is 12.1 Å². The molecule has 0 aromatic heterocycles. The van der Waals surface area contributed by atoms with Gasteiger partial charge < -0.3 is 10.8 Å². The standard InChI is InChI=1S/C9H9ClFNO/c1-2-7(12)8-6(11)4-3-5(10)9(8)13/h2-4,7,13H,1,12H2/t7-/m1/s1. The van der Waals surface area contributed by atoms with Crippen LogP contribution in [-0.2, 0) is 0 Å². The molecule has 0 saturated heterocycles. The third-order valence-electron chi connectivity index (χ3n) is 1.70. The lowest BCUT2D eigenvalue weighted by molar-refractivity contribution is 0.456. The molecular formula is C9H9ClFNO. The van der Waals surface area contributed by atoms with Crippen molar-refractivity contribution in [3.8, 4) is 5.75 Å². The molecule has 1 aromatic rings. The number of halogens is 2. The van der Waals surface area contributed by atoms with E-state index in [0.29, 0.717) is 0 Å². The van der Waals surface area contributed by atoms with Crippen molar-refractivity contribution in [3.05, 3.63) is 41.2 Å². The van der Waals surface area contributed by atoms with E-state index in [9.17, 15) is 9.50 Å².